The number of ether oxygens (including phenoxy) is 2. The molecule has 7 nitrogen and oxygen atoms in total. The molecule has 0 aliphatic carbocycles. The van der Waals surface area contributed by atoms with Gasteiger partial charge in [0.15, 0.2) is 16.7 Å². The lowest BCUT2D eigenvalue weighted by molar-refractivity contribution is -0.118. The van der Waals surface area contributed by atoms with E-state index in [9.17, 15) is 4.79 Å². The van der Waals surface area contributed by atoms with Crippen LogP contribution < -0.4 is 14.9 Å². The first-order valence-electron chi connectivity index (χ1n) is 10.3. The Bertz CT molecular complexity index is 1110. The molecule has 1 amide bonds. The van der Waals surface area contributed by atoms with E-state index in [1.807, 2.05) is 57.2 Å². The molecule has 9 heteroatoms. The predicted octanol–water partition coefficient (Wildman–Crippen LogP) is 4.97. The Morgan fingerprint density at radius 2 is 1.85 bits per heavy atom. The fourth-order valence-corrected chi connectivity index (χ4v) is 3.91. The number of aryl methyl sites for hydroxylation is 2. The minimum Gasteiger partial charge on any atom is -0.490 e. The average Bonchev–Trinajstić information content (AvgIpc) is 2.77. The zero-order valence-corrected chi connectivity index (χ0v) is 20.2. The molecule has 0 saturated heterocycles. The van der Waals surface area contributed by atoms with Crippen molar-refractivity contribution >= 4 is 35.5 Å². The Balaban J connectivity index is 1.60. The van der Waals surface area contributed by atoms with Gasteiger partial charge in [0.2, 0.25) is 0 Å². The highest BCUT2D eigenvalue weighted by atomic mass is 35.5. The fourth-order valence-electron chi connectivity index (χ4n) is 2.89. The Morgan fingerprint density at radius 1 is 1.12 bits per heavy atom. The molecule has 1 heterocycles. The summed E-state index contributed by atoms with van der Waals surface area (Å²) in [4.78, 5) is 20.7. The minimum atomic E-state index is -0.266. The Morgan fingerprint density at radius 3 is 2.55 bits per heavy atom. The molecule has 0 unspecified atom stereocenters. The number of hydrazone groups is 1. The molecule has 3 aromatic rings. The topological polar surface area (TPSA) is 85.7 Å². The molecule has 3 rings (SSSR count). The highest BCUT2D eigenvalue weighted by molar-refractivity contribution is 7.99. The quantitative estimate of drug-likeness (QED) is 0.189. The Labute approximate surface area is 202 Å². The highest BCUT2D eigenvalue weighted by Gasteiger charge is 2.13. The fraction of sp³-hybridized carbons (Fsp3) is 0.250. The molecule has 0 radical (unpaired) electrons. The summed E-state index contributed by atoms with van der Waals surface area (Å²) < 4.78 is 11.6. The van der Waals surface area contributed by atoms with Crippen LogP contribution in [-0.2, 0) is 11.4 Å². The molecule has 0 fully saturated rings. The normalized spacial score (nSPS) is 10.9. The number of carbonyl (C=O) groups is 1. The standard InChI is InChI=1S/C24H25ClN4O3S/c1-4-31-21-12-19(11-20(25)23(21)32-14-18-8-6-5-7-9-18)13-26-29-22(30)15-33-24-27-16(2)10-17(3)28-24/h5-13H,4,14-15H2,1-3H3,(H,29,30)/b26-13-. The van der Waals surface area contributed by atoms with E-state index in [1.54, 1.807) is 12.1 Å². The molecule has 0 aliphatic heterocycles. The lowest BCUT2D eigenvalue weighted by atomic mass is 10.2. The van der Waals surface area contributed by atoms with Crippen LogP contribution >= 0.6 is 23.4 Å². The summed E-state index contributed by atoms with van der Waals surface area (Å²) >= 11 is 7.70. The summed E-state index contributed by atoms with van der Waals surface area (Å²) in [5.74, 6) is 0.861. The molecule has 1 N–H and O–H groups in total. The largest absolute Gasteiger partial charge is 0.490 e. The first kappa shape index (κ1) is 24.5. The van der Waals surface area contributed by atoms with Crippen LogP contribution in [0.4, 0.5) is 0 Å². The molecule has 0 spiro atoms. The van der Waals surface area contributed by atoms with Crippen molar-refractivity contribution in [2.45, 2.75) is 32.5 Å². The zero-order chi connectivity index (χ0) is 23.6. The second-order valence-corrected chi connectivity index (χ2v) is 8.40. The highest BCUT2D eigenvalue weighted by Crippen LogP contribution is 2.37. The third-order valence-electron chi connectivity index (χ3n) is 4.25. The van der Waals surface area contributed by atoms with Gasteiger partial charge in [-0.1, -0.05) is 53.7 Å². The number of carbonyl (C=O) groups excluding carboxylic acids is 1. The molecule has 0 bridgehead atoms. The maximum Gasteiger partial charge on any atom is 0.250 e. The van der Waals surface area contributed by atoms with Crippen LogP contribution in [0, 0.1) is 13.8 Å². The van der Waals surface area contributed by atoms with Crippen molar-refractivity contribution in [2.75, 3.05) is 12.4 Å². The number of halogens is 1. The van der Waals surface area contributed by atoms with Crippen LogP contribution in [0.5, 0.6) is 11.5 Å². The molecule has 0 atom stereocenters. The van der Waals surface area contributed by atoms with Crippen LogP contribution in [0.15, 0.2) is 58.8 Å². The summed E-state index contributed by atoms with van der Waals surface area (Å²) in [7, 11) is 0. The summed E-state index contributed by atoms with van der Waals surface area (Å²) in [6, 6.07) is 15.2. The van der Waals surface area contributed by atoms with Crippen molar-refractivity contribution in [3.63, 3.8) is 0 Å². The Kier molecular flexibility index (Phi) is 9.09. The molecule has 0 aliphatic rings. The van der Waals surface area contributed by atoms with E-state index in [2.05, 4.69) is 20.5 Å². The van der Waals surface area contributed by atoms with E-state index in [1.165, 1.54) is 18.0 Å². The van der Waals surface area contributed by atoms with Crippen LogP contribution in [0.2, 0.25) is 5.02 Å². The van der Waals surface area contributed by atoms with Gasteiger partial charge in [0.1, 0.15) is 6.61 Å². The molecule has 172 valence electrons. The predicted molar refractivity (Wildman–Crippen MR) is 131 cm³/mol. The number of nitrogens with zero attached hydrogens (tertiary/aromatic N) is 3. The molecular weight excluding hydrogens is 460 g/mol. The van der Waals surface area contributed by atoms with Gasteiger partial charge in [-0.2, -0.15) is 5.10 Å². The van der Waals surface area contributed by atoms with E-state index in [-0.39, 0.29) is 11.7 Å². The van der Waals surface area contributed by atoms with Crippen molar-refractivity contribution in [3.05, 3.63) is 76.1 Å². The van der Waals surface area contributed by atoms with Gasteiger partial charge in [-0.15, -0.1) is 0 Å². The summed E-state index contributed by atoms with van der Waals surface area (Å²) in [5.41, 5.74) is 5.92. The minimum absolute atomic E-state index is 0.150. The number of amides is 1. The van der Waals surface area contributed by atoms with Gasteiger partial charge in [0.05, 0.1) is 23.6 Å². The lowest BCUT2D eigenvalue weighted by Crippen LogP contribution is -2.19. The Hall–Kier alpha value is -3.10. The SMILES string of the molecule is CCOc1cc(/C=N\NC(=O)CSc2nc(C)cc(C)n2)cc(Cl)c1OCc1ccccc1. The first-order chi connectivity index (χ1) is 15.9. The number of aromatic nitrogens is 2. The lowest BCUT2D eigenvalue weighted by Gasteiger charge is -2.14. The maximum absolute atomic E-state index is 12.1. The summed E-state index contributed by atoms with van der Waals surface area (Å²) in [5, 5.41) is 4.98. The van der Waals surface area contributed by atoms with E-state index < -0.39 is 0 Å². The van der Waals surface area contributed by atoms with Crippen LogP contribution in [-0.4, -0.2) is 34.4 Å². The van der Waals surface area contributed by atoms with E-state index in [0.717, 1.165) is 17.0 Å². The van der Waals surface area contributed by atoms with Crippen molar-refractivity contribution in [3.8, 4) is 11.5 Å². The third kappa shape index (κ3) is 7.76. The summed E-state index contributed by atoms with van der Waals surface area (Å²) in [6.45, 7) is 6.48. The second kappa shape index (κ2) is 12.2. The van der Waals surface area contributed by atoms with Gasteiger partial charge in [0, 0.05) is 11.4 Å². The van der Waals surface area contributed by atoms with Crippen molar-refractivity contribution < 1.29 is 14.3 Å². The molecule has 33 heavy (non-hydrogen) atoms. The van der Waals surface area contributed by atoms with Crippen molar-refractivity contribution in [2.24, 2.45) is 5.10 Å². The number of thioether (sulfide) groups is 1. The molecule has 2 aromatic carbocycles. The van der Waals surface area contributed by atoms with Gasteiger partial charge in [-0.25, -0.2) is 15.4 Å². The first-order valence-corrected chi connectivity index (χ1v) is 11.7. The van der Waals surface area contributed by atoms with Gasteiger partial charge in [-0.3, -0.25) is 4.79 Å². The number of rotatable bonds is 10. The van der Waals surface area contributed by atoms with Crippen molar-refractivity contribution in [1.82, 2.24) is 15.4 Å². The van der Waals surface area contributed by atoms with Crippen LogP contribution in [0.1, 0.15) is 29.4 Å². The summed E-state index contributed by atoms with van der Waals surface area (Å²) in [6.07, 6.45) is 1.51. The molecule has 0 saturated carbocycles. The zero-order valence-electron chi connectivity index (χ0n) is 18.7. The number of benzene rings is 2. The molecule has 1 aromatic heterocycles. The maximum atomic E-state index is 12.1. The third-order valence-corrected chi connectivity index (χ3v) is 5.38. The second-order valence-electron chi connectivity index (χ2n) is 7.05. The van der Waals surface area contributed by atoms with E-state index in [4.69, 9.17) is 21.1 Å². The van der Waals surface area contributed by atoms with Gasteiger partial charge >= 0.3 is 0 Å². The van der Waals surface area contributed by atoms with Gasteiger partial charge in [0.25, 0.3) is 5.91 Å². The number of nitrogens with one attached hydrogen (secondary N) is 1. The molecular formula is C24H25ClN4O3S. The van der Waals surface area contributed by atoms with Crippen molar-refractivity contribution in [1.29, 1.82) is 0 Å². The number of hydrogen-bond acceptors (Lipinski definition) is 7. The monoisotopic (exact) mass is 484 g/mol. The smallest absolute Gasteiger partial charge is 0.250 e. The van der Waals surface area contributed by atoms with Crippen LogP contribution in [0.25, 0.3) is 0 Å². The number of hydrogen-bond donors (Lipinski definition) is 1. The van der Waals surface area contributed by atoms with Crippen LogP contribution in [0.3, 0.4) is 0 Å². The van der Waals surface area contributed by atoms with E-state index in [0.29, 0.717) is 40.5 Å². The van der Waals surface area contributed by atoms with Gasteiger partial charge < -0.3 is 9.47 Å². The average molecular weight is 485 g/mol. The van der Waals surface area contributed by atoms with Gasteiger partial charge in [-0.05, 0) is 50.1 Å². The van der Waals surface area contributed by atoms with E-state index >= 15 is 0 Å².